The Balaban J connectivity index is 2.27. The summed E-state index contributed by atoms with van der Waals surface area (Å²) in [5, 5.41) is 9.26. The molecular weight excluding hydrogens is 164 g/mol. The minimum absolute atomic E-state index is 0.251. The molecule has 13 heavy (non-hydrogen) atoms. The number of rotatable bonds is 2. The van der Waals surface area contributed by atoms with Crippen LogP contribution in [0.2, 0.25) is 0 Å². The molecule has 70 valence electrons. The van der Waals surface area contributed by atoms with E-state index in [1.807, 2.05) is 6.07 Å². The molecule has 0 fully saturated rings. The van der Waals surface area contributed by atoms with E-state index in [0.717, 1.165) is 18.4 Å². The van der Waals surface area contributed by atoms with Crippen LogP contribution in [-0.4, -0.2) is 5.11 Å². The molecule has 0 aromatic heterocycles. The third-order valence-corrected chi connectivity index (χ3v) is 2.46. The SMILES string of the molecule is CCCC1OCc2cc(O)ccc21. The summed E-state index contributed by atoms with van der Waals surface area (Å²) in [6.07, 6.45) is 2.45. The van der Waals surface area contributed by atoms with E-state index in [0.29, 0.717) is 12.4 Å². The highest BCUT2D eigenvalue weighted by molar-refractivity contribution is 5.37. The second kappa shape index (κ2) is 3.38. The van der Waals surface area contributed by atoms with Crippen molar-refractivity contribution in [3.05, 3.63) is 29.3 Å². The Kier molecular flexibility index (Phi) is 2.23. The number of phenolic OH excluding ortho intramolecular Hbond substituents is 1. The standard InChI is InChI=1S/C11H14O2/c1-2-3-11-10-5-4-9(12)6-8(10)7-13-11/h4-6,11-12H,2-3,7H2,1H3. The molecule has 0 saturated carbocycles. The molecule has 2 nitrogen and oxygen atoms in total. The van der Waals surface area contributed by atoms with E-state index in [4.69, 9.17) is 4.74 Å². The van der Waals surface area contributed by atoms with Crippen molar-refractivity contribution in [1.29, 1.82) is 0 Å². The quantitative estimate of drug-likeness (QED) is 0.754. The van der Waals surface area contributed by atoms with Gasteiger partial charge in [0.15, 0.2) is 0 Å². The predicted octanol–water partition coefficient (Wildman–Crippen LogP) is 2.76. The van der Waals surface area contributed by atoms with Gasteiger partial charge in [-0.25, -0.2) is 0 Å². The van der Waals surface area contributed by atoms with Crippen LogP contribution in [0.15, 0.2) is 18.2 Å². The fourth-order valence-corrected chi connectivity index (χ4v) is 1.81. The molecule has 1 aromatic rings. The van der Waals surface area contributed by atoms with Gasteiger partial charge in [0, 0.05) is 0 Å². The minimum Gasteiger partial charge on any atom is -0.508 e. The average Bonchev–Trinajstić information content (AvgIpc) is 2.49. The highest BCUT2D eigenvalue weighted by Crippen LogP contribution is 2.35. The van der Waals surface area contributed by atoms with E-state index in [1.165, 1.54) is 5.56 Å². The van der Waals surface area contributed by atoms with Gasteiger partial charge in [-0.15, -0.1) is 0 Å². The summed E-state index contributed by atoms with van der Waals surface area (Å²) in [5.74, 6) is 0.333. The molecule has 1 aromatic carbocycles. The highest BCUT2D eigenvalue weighted by Gasteiger charge is 2.22. The van der Waals surface area contributed by atoms with Crippen LogP contribution in [0.5, 0.6) is 5.75 Å². The Bertz CT molecular complexity index is 307. The second-order valence-electron chi connectivity index (χ2n) is 3.47. The van der Waals surface area contributed by atoms with Gasteiger partial charge in [0.05, 0.1) is 12.7 Å². The maximum Gasteiger partial charge on any atom is 0.115 e. The van der Waals surface area contributed by atoms with E-state index in [2.05, 4.69) is 6.92 Å². The fourth-order valence-electron chi connectivity index (χ4n) is 1.81. The van der Waals surface area contributed by atoms with Crippen LogP contribution in [0.4, 0.5) is 0 Å². The van der Waals surface area contributed by atoms with Crippen molar-refractivity contribution in [2.24, 2.45) is 0 Å². The molecule has 0 amide bonds. The molecular formula is C11H14O2. The Hall–Kier alpha value is -1.02. The number of ether oxygens (including phenoxy) is 1. The Morgan fingerprint density at radius 2 is 2.38 bits per heavy atom. The molecule has 0 radical (unpaired) electrons. The molecule has 2 rings (SSSR count). The van der Waals surface area contributed by atoms with E-state index in [1.54, 1.807) is 12.1 Å². The third-order valence-electron chi connectivity index (χ3n) is 2.46. The lowest BCUT2D eigenvalue weighted by Crippen LogP contribution is -1.94. The first kappa shape index (κ1) is 8.57. The third kappa shape index (κ3) is 1.54. The molecule has 0 aliphatic carbocycles. The van der Waals surface area contributed by atoms with Gasteiger partial charge in [-0.05, 0) is 29.7 Å². The molecule has 1 N–H and O–H groups in total. The van der Waals surface area contributed by atoms with Crippen molar-refractivity contribution in [3.63, 3.8) is 0 Å². The first-order valence-corrected chi connectivity index (χ1v) is 4.74. The zero-order valence-corrected chi connectivity index (χ0v) is 7.79. The normalized spacial score (nSPS) is 20.2. The van der Waals surface area contributed by atoms with Crippen LogP contribution in [0.3, 0.4) is 0 Å². The summed E-state index contributed by atoms with van der Waals surface area (Å²) in [5.41, 5.74) is 2.39. The lowest BCUT2D eigenvalue weighted by molar-refractivity contribution is 0.0596. The molecule has 1 unspecified atom stereocenters. The largest absolute Gasteiger partial charge is 0.508 e. The van der Waals surface area contributed by atoms with Crippen LogP contribution in [-0.2, 0) is 11.3 Å². The van der Waals surface area contributed by atoms with Gasteiger partial charge in [-0.3, -0.25) is 0 Å². The molecule has 1 aliphatic heterocycles. The lowest BCUT2D eigenvalue weighted by Gasteiger charge is -2.08. The summed E-state index contributed by atoms with van der Waals surface area (Å²) in [4.78, 5) is 0. The van der Waals surface area contributed by atoms with Crippen LogP contribution in [0.25, 0.3) is 0 Å². The smallest absolute Gasteiger partial charge is 0.115 e. The van der Waals surface area contributed by atoms with Crippen LogP contribution < -0.4 is 0 Å². The van der Waals surface area contributed by atoms with E-state index >= 15 is 0 Å². The Morgan fingerprint density at radius 3 is 3.15 bits per heavy atom. The van der Waals surface area contributed by atoms with Gasteiger partial charge >= 0.3 is 0 Å². The summed E-state index contributed by atoms with van der Waals surface area (Å²) in [7, 11) is 0. The second-order valence-corrected chi connectivity index (χ2v) is 3.47. The van der Waals surface area contributed by atoms with Gasteiger partial charge in [-0.2, -0.15) is 0 Å². The van der Waals surface area contributed by atoms with E-state index in [9.17, 15) is 5.11 Å². The zero-order valence-electron chi connectivity index (χ0n) is 7.79. The number of fused-ring (bicyclic) bond motifs is 1. The van der Waals surface area contributed by atoms with Gasteiger partial charge in [-0.1, -0.05) is 19.4 Å². The lowest BCUT2D eigenvalue weighted by atomic mass is 10.0. The Labute approximate surface area is 78.2 Å². The summed E-state index contributed by atoms with van der Waals surface area (Å²) in [6, 6.07) is 5.50. The number of aromatic hydroxyl groups is 1. The number of phenols is 1. The minimum atomic E-state index is 0.251. The molecule has 1 atom stereocenters. The summed E-state index contributed by atoms with van der Waals surface area (Å²) >= 11 is 0. The maximum absolute atomic E-state index is 9.26. The molecule has 2 heteroatoms. The molecule has 1 aliphatic rings. The van der Waals surface area contributed by atoms with Crippen LogP contribution in [0, 0.1) is 0 Å². The van der Waals surface area contributed by atoms with Crippen LogP contribution >= 0.6 is 0 Å². The molecule has 0 saturated heterocycles. The van der Waals surface area contributed by atoms with Crippen molar-refractivity contribution < 1.29 is 9.84 Å². The van der Waals surface area contributed by atoms with Crippen molar-refractivity contribution >= 4 is 0 Å². The van der Waals surface area contributed by atoms with Crippen LogP contribution in [0.1, 0.15) is 37.0 Å². The monoisotopic (exact) mass is 178 g/mol. The van der Waals surface area contributed by atoms with E-state index < -0.39 is 0 Å². The number of benzene rings is 1. The van der Waals surface area contributed by atoms with Gasteiger partial charge < -0.3 is 9.84 Å². The van der Waals surface area contributed by atoms with Gasteiger partial charge in [0.2, 0.25) is 0 Å². The fraction of sp³-hybridized carbons (Fsp3) is 0.455. The predicted molar refractivity (Wildman–Crippen MR) is 50.5 cm³/mol. The number of hydrogen-bond acceptors (Lipinski definition) is 2. The molecule has 0 bridgehead atoms. The molecule has 1 heterocycles. The first-order valence-electron chi connectivity index (χ1n) is 4.74. The van der Waals surface area contributed by atoms with E-state index in [-0.39, 0.29) is 6.10 Å². The van der Waals surface area contributed by atoms with Gasteiger partial charge in [0.25, 0.3) is 0 Å². The maximum atomic E-state index is 9.26. The number of hydrogen-bond donors (Lipinski definition) is 1. The van der Waals surface area contributed by atoms with Crippen molar-refractivity contribution in [3.8, 4) is 5.75 Å². The summed E-state index contributed by atoms with van der Waals surface area (Å²) in [6.45, 7) is 2.80. The highest BCUT2D eigenvalue weighted by atomic mass is 16.5. The Morgan fingerprint density at radius 1 is 1.54 bits per heavy atom. The average molecular weight is 178 g/mol. The topological polar surface area (TPSA) is 29.5 Å². The van der Waals surface area contributed by atoms with Crippen molar-refractivity contribution in [2.45, 2.75) is 32.5 Å². The molecule has 0 spiro atoms. The van der Waals surface area contributed by atoms with Gasteiger partial charge in [0.1, 0.15) is 5.75 Å². The zero-order chi connectivity index (χ0) is 9.26. The first-order chi connectivity index (χ1) is 6.31. The summed E-state index contributed by atoms with van der Waals surface area (Å²) < 4.78 is 5.61. The van der Waals surface area contributed by atoms with Crippen molar-refractivity contribution in [1.82, 2.24) is 0 Å². The van der Waals surface area contributed by atoms with Crippen molar-refractivity contribution in [2.75, 3.05) is 0 Å².